The highest BCUT2D eigenvalue weighted by Gasteiger charge is 2.23. The van der Waals surface area contributed by atoms with Gasteiger partial charge in [-0.2, -0.15) is 0 Å². The van der Waals surface area contributed by atoms with Crippen molar-refractivity contribution in [1.82, 2.24) is 14.8 Å². The highest BCUT2D eigenvalue weighted by Crippen LogP contribution is 2.33. The molecule has 1 aliphatic rings. The van der Waals surface area contributed by atoms with E-state index in [1.165, 1.54) is 6.42 Å². The number of phenolic OH excluding ortho intramolecular Hbond substituents is 1. The van der Waals surface area contributed by atoms with Crippen molar-refractivity contribution in [2.45, 2.75) is 32.2 Å². The molecule has 4 heteroatoms. The molecule has 88 valence electrons. The lowest BCUT2D eigenvalue weighted by Gasteiger charge is -2.22. The molecule has 0 saturated heterocycles. The summed E-state index contributed by atoms with van der Waals surface area (Å²) in [6.45, 7) is 2.18. The second kappa shape index (κ2) is 3.87. The molecule has 2 aromatic rings. The number of hydrogen-bond acceptors (Lipinski definition) is 3. The SMILES string of the molecule is CC1CCCc2nnc(-c3ccccc3O)n21. The van der Waals surface area contributed by atoms with Gasteiger partial charge in [-0.25, -0.2) is 0 Å². The molecule has 1 aliphatic heterocycles. The van der Waals surface area contributed by atoms with Crippen LogP contribution in [0, 0.1) is 0 Å². The van der Waals surface area contributed by atoms with Gasteiger partial charge < -0.3 is 9.67 Å². The summed E-state index contributed by atoms with van der Waals surface area (Å²) in [5, 5.41) is 18.3. The van der Waals surface area contributed by atoms with Gasteiger partial charge in [0.2, 0.25) is 0 Å². The minimum absolute atomic E-state index is 0.264. The van der Waals surface area contributed by atoms with Gasteiger partial charge in [0.05, 0.1) is 5.56 Å². The Labute approximate surface area is 99.9 Å². The van der Waals surface area contributed by atoms with Gasteiger partial charge in [0.1, 0.15) is 11.6 Å². The summed E-state index contributed by atoms with van der Waals surface area (Å²) in [6, 6.07) is 7.70. The third-order valence-electron chi connectivity index (χ3n) is 3.37. The molecule has 1 atom stereocenters. The topological polar surface area (TPSA) is 50.9 Å². The van der Waals surface area contributed by atoms with Crippen LogP contribution in [-0.2, 0) is 6.42 Å². The summed E-state index contributed by atoms with van der Waals surface area (Å²) < 4.78 is 2.15. The van der Waals surface area contributed by atoms with E-state index in [0.29, 0.717) is 6.04 Å². The molecule has 0 saturated carbocycles. The van der Waals surface area contributed by atoms with Crippen LogP contribution in [0.1, 0.15) is 31.6 Å². The number of hydrogen-bond donors (Lipinski definition) is 1. The van der Waals surface area contributed by atoms with Crippen molar-refractivity contribution in [2.24, 2.45) is 0 Å². The number of fused-ring (bicyclic) bond motifs is 1. The molecule has 0 bridgehead atoms. The lowest BCUT2D eigenvalue weighted by Crippen LogP contribution is -2.16. The summed E-state index contributed by atoms with van der Waals surface area (Å²) in [5.74, 6) is 2.08. The molecular formula is C13H15N3O. The fourth-order valence-electron chi connectivity index (χ4n) is 2.49. The Hall–Kier alpha value is -1.84. The molecule has 1 unspecified atom stereocenters. The van der Waals surface area contributed by atoms with Gasteiger partial charge in [-0.1, -0.05) is 12.1 Å². The highest BCUT2D eigenvalue weighted by atomic mass is 16.3. The van der Waals surface area contributed by atoms with Crippen molar-refractivity contribution < 1.29 is 5.11 Å². The number of aromatic nitrogens is 3. The van der Waals surface area contributed by atoms with Crippen LogP contribution in [-0.4, -0.2) is 19.9 Å². The van der Waals surface area contributed by atoms with Crippen LogP contribution in [0.25, 0.3) is 11.4 Å². The first kappa shape index (κ1) is 10.3. The minimum atomic E-state index is 0.264. The van der Waals surface area contributed by atoms with E-state index < -0.39 is 0 Å². The van der Waals surface area contributed by atoms with Gasteiger partial charge in [-0.05, 0) is 31.9 Å². The van der Waals surface area contributed by atoms with Crippen molar-refractivity contribution in [1.29, 1.82) is 0 Å². The van der Waals surface area contributed by atoms with Crippen LogP contribution < -0.4 is 0 Å². The molecule has 17 heavy (non-hydrogen) atoms. The fourth-order valence-corrected chi connectivity index (χ4v) is 2.49. The molecule has 4 nitrogen and oxygen atoms in total. The molecule has 0 radical (unpaired) electrons. The Morgan fingerprint density at radius 2 is 2.12 bits per heavy atom. The Morgan fingerprint density at radius 3 is 2.94 bits per heavy atom. The molecule has 0 fully saturated rings. The number of rotatable bonds is 1. The van der Waals surface area contributed by atoms with Crippen molar-refractivity contribution >= 4 is 0 Å². The number of nitrogens with zero attached hydrogens (tertiary/aromatic N) is 3. The molecule has 1 aromatic carbocycles. The third-order valence-corrected chi connectivity index (χ3v) is 3.37. The zero-order valence-electron chi connectivity index (χ0n) is 9.80. The maximum atomic E-state index is 9.89. The maximum absolute atomic E-state index is 9.89. The summed E-state index contributed by atoms with van der Waals surface area (Å²) in [4.78, 5) is 0. The Bertz CT molecular complexity index is 547. The normalized spacial score (nSPS) is 19.0. The second-order valence-corrected chi connectivity index (χ2v) is 4.57. The quantitative estimate of drug-likeness (QED) is 0.817. The Kier molecular flexibility index (Phi) is 2.35. The molecule has 1 N–H and O–H groups in total. The Balaban J connectivity index is 2.17. The van der Waals surface area contributed by atoms with E-state index in [1.807, 2.05) is 18.2 Å². The predicted molar refractivity (Wildman–Crippen MR) is 64.8 cm³/mol. The molecule has 0 aliphatic carbocycles. The van der Waals surface area contributed by atoms with Crippen LogP contribution in [0.5, 0.6) is 5.75 Å². The van der Waals surface area contributed by atoms with Crippen LogP contribution in [0.4, 0.5) is 0 Å². The number of benzene rings is 1. The minimum Gasteiger partial charge on any atom is -0.507 e. The molecule has 3 rings (SSSR count). The van der Waals surface area contributed by atoms with Gasteiger partial charge in [-0.3, -0.25) is 0 Å². The first-order valence-corrected chi connectivity index (χ1v) is 5.99. The standard InChI is InChI=1S/C13H15N3O/c1-9-5-4-8-12-14-15-13(16(9)12)10-6-2-3-7-11(10)17/h2-3,6-7,9,17H,4-5,8H2,1H3. The van der Waals surface area contributed by atoms with Crippen molar-refractivity contribution in [2.75, 3.05) is 0 Å². The van der Waals surface area contributed by atoms with Crippen LogP contribution >= 0.6 is 0 Å². The first-order chi connectivity index (χ1) is 8.27. The number of aromatic hydroxyl groups is 1. The van der Waals surface area contributed by atoms with Gasteiger partial charge in [0.15, 0.2) is 5.82 Å². The van der Waals surface area contributed by atoms with E-state index >= 15 is 0 Å². The van der Waals surface area contributed by atoms with E-state index in [4.69, 9.17) is 0 Å². The molecular weight excluding hydrogens is 214 g/mol. The van der Waals surface area contributed by atoms with Crippen molar-refractivity contribution in [3.8, 4) is 17.1 Å². The summed E-state index contributed by atoms with van der Waals surface area (Å²) in [7, 11) is 0. The van der Waals surface area contributed by atoms with E-state index in [1.54, 1.807) is 6.07 Å². The monoisotopic (exact) mass is 229 g/mol. The zero-order valence-corrected chi connectivity index (χ0v) is 9.80. The van der Waals surface area contributed by atoms with Gasteiger partial charge >= 0.3 is 0 Å². The highest BCUT2D eigenvalue weighted by molar-refractivity contribution is 5.63. The van der Waals surface area contributed by atoms with E-state index in [-0.39, 0.29) is 5.75 Å². The molecule has 1 aromatic heterocycles. The lowest BCUT2D eigenvalue weighted by atomic mass is 10.0. The smallest absolute Gasteiger partial charge is 0.167 e. The number of phenols is 1. The average Bonchev–Trinajstić information content (AvgIpc) is 2.75. The van der Waals surface area contributed by atoms with Crippen molar-refractivity contribution in [3.63, 3.8) is 0 Å². The van der Waals surface area contributed by atoms with Crippen LogP contribution in [0.15, 0.2) is 24.3 Å². The van der Waals surface area contributed by atoms with Gasteiger partial charge in [0, 0.05) is 12.5 Å². The maximum Gasteiger partial charge on any atom is 0.167 e. The molecule has 2 heterocycles. The van der Waals surface area contributed by atoms with E-state index in [9.17, 15) is 5.11 Å². The Morgan fingerprint density at radius 1 is 1.29 bits per heavy atom. The summed E-state index contributed by atoms with van der Waals surface area (Å²) in [5.41, 5.74) is 0.764. The predicted octanol–water partition coefficient (Wildman–Crippen LogP) is 2.55. The van der Waals surface area contributed by atoms with E-state index in [0.717, 1.165) is 30.1 Å². The van der Waals surface area contributed by atoms with E-state index in [2.05, 4.69) is 21.7 Å². The summed E-state index contributed by atoms with van der Waals surface area (Å²) in [6.07, 6.45) is 3.29. The lowest BCUT2D eigenvalue weighted by molar-refractivity contribution is 0.427. The molecule has 0 spiro atoms. The van der Waals surface area contributed by atoms with Crippen LogP contribution in [0.3, 0.4) is 0 Å². The average molecular weight is 229 g/mol. The van der Waals surface area contributed by atoms with Gasteiger partial charge in [-0.15, -0.1) is 10.2 Å². The fraction of sp³-hybridized carbons (Fsp3) is 0.385. The number of aryl methyl sites for hydroxylation is 1. The van der Waals surface area contributed by atoms with Crippen molar-refractivity contribution in [3.05, 3.63) is 30.1 Å². The largest absolute Gasteiger partial charge is 0.507 e. The zero-order chi connectivity index (χ0) is 11.8. The molecule has 0 amide bonds. The second-order valence-electron chi connectivity index (χ2n) is 4.57. The van der Waals surface area contributed by atoms with Gasteiger partial charge in [0.25, 0.3) is 0 Å². The first-order valence-electron chi connectivity index (χ1n) is 5.99. The number of para-hydroxylation sites is 1. The summed E-state index contributed by atoms with van der Waals surface area (Å²) >= 11 is 0. The van der Waals surface area contributed by atoms with Crippen LogP contribution in [0.2, 0.25) is 0 Å². The third kappa shape index (κ3) is 1.60.